The summed E-state index contributed by atoms with van der Waals surface area (Å²) in [6, 6.07) is 4.40. The third-order valence-electron chi connectivity index (χ3n) is 8.65. The second-order valence-electron chi connectivity index (χ2n) is 12.1. The van der Waals surface area contributed by atoms with Gasteiger partial charge in [0.15, 0.2) is 7.85 Å². The molecule has 4 aromatic heterocycles. The van der Waals surface area contributed by atoms with Crippen molar-refractivity contribution in [2.75, 3.05) is 31.2 Å². The van der Waals surface area contributed by atoms with Crippen LogP contribution < -0.4 is 14.4 Å². The lowest BCUT2D eigenvalue weighted by Gasteiger charge is -2.31. The van der Waals surface area contributed by atoms with Crippen molar-refractivity contribution in [2.45, 2.75) is 69.1 Å². The molecule has 1 saturated heterocycles. The van der Waals surface area contributed by atoms with Crippen molar-refractivity contribution in [1.29, 1.82) is 0 Å². The molecular weight excluding hydrogens is 551 g/mol. The fraction of sp³-hybridized carbons (Fsp3) is 0.517. The van der Waals surface area contributed by atoms with Gasteiger partial charge in [0, 0.05) is 37.6 Å². The largest absolute Gasteiger partial charge is 0.488 e. The molecule has 2 aliphatic carbocycles. The van der Waals surface area contributed by atoms with Crippen LogP contribution >= 0.6 is 0 Å². The smallest absolute Gasteiger partial charge is 0.435 e. The van der Waals surface area contributed by atoms with Gasteiger partial charge in [0.2, 0.25) is 5.88 Å². The van der Waals surface area contributed by atoms with Gasteiger partial charge in [-0.05, 0) is 56.4 Å². The molecule has 0 bridgehead atoms. The van der Waals surface area contributed by atoms with Crippen molar-refractivity contribution in [2.24, 2.45) is 0 Å². The van der Waals surface area contributed by atoms with Gasteiger partial charge in [-0.1, -0.05) is 4.98 Å². The number of ether oxygens (including phenoxy) is 3. The molecule has 1 atom stereocenters. The number of hydrogen-bond donors (Lipinski definition) is 0. The Labute approximate surface area is 249 Å². The Morgan fingerprint density at radius 2 is 1.84 bits per heavy atom. The monoisotopic (exact) mass is 586 g/mol. The lowest BCUT2D eigenvalue weighted by Crippen LogP contribution is -2.36. The van der Waals surface area contributed by atoms with Crippen molar-refractivity contribution in [3.63, 3.8) is 0 Å². The fourth-order valence-corrected chi connectivity index (χ4v) is 6.24. The average Bonchev–Trinajstić information content (AvgIpc) is 3.49. The molecule has 0 spiro atoms. The maximum Gasteiger partial charge on any atom is 0.435 e. The Balaban J connectivity index is 1.18. The van der Waals surface area contributed by atoms with Gasteiger partial charge in [0.05, 0.1) is 42.7 Å². The van der Waals surface area contributed by atoms with Gasteiger partial charge >= 0.3 is 5.95 Å². The molecule has 224 valence electrons. The number of nitrogens with zero attached hydrogens (tertiary/aromatic N) is 8. The maximum atomic E-state index is 11.7. The highest BCUT2D eigenvalue weighted by Crippen LogP contribution is 2.42. The quantitative estimate of drug-likeness (QED) is 0.163. The summed E-state index contributed by atoms with van der Waals surface area (Å²) in [5.74, 6) is 1.74. The van der Waals surface area contributed by atoms with Crippen LogP contribution in [0.5, 0.6) is 11.6 Å². The Bertz CT molecular complexity index is 1610. The lowest BCUT2D eigenvalue weighted by molar-refractivity contribution is -0.397. The van der Waals surface area contributed by atoms with Gasteiger partial charge in [0.1, 0.15) is 35.1 Å². The summed E-state index contributed by atoms with van der Waals surface area (Å²) in [6.07, 6.45) is 14.6. The Morgan fingerprint density at radius 1 is 1.07 bits per heavy atom. The normalized spacial score (nSPS) is 22.3. The SMILES string of the molecule is BC(C)(Oc1cnc2cc(N3CCOCC3)nc(O[C@H]3CC[C@@H](n4ccnc4)CC3)c2c1)c1cnc([N+](=O)[O-])n1C1CC1. The summed E-state index contributed by atoms with van der Waals surface area (Å²) < 4.78 is 22.6. The number of imidazole rings is 2. The summed E-state index contributed by atoms with van der Waals surface area (Å²) in [5, 5.41) is 12.4. The summed E-state index contributed by atoms with van der Waals surface area (Å²) >= 11 is 0. The highest BCUT2D eigenvalue weighted by atomic mass is 16.6. The zero-order valence-electron chi connectivity index (χ0n) is 24.5. The van der Waals surface area contributed by atoms with E-state index in [1.54, 1.807) is 17.0 Å². The molecule has 2 saturated carbocycles. The molecule has 14 heteroatoms. The minimum atomic E-state index is -0.896. The second kappa shape index (κ2) is 11.1. The standard InChI is InChI=1S/C29H35BN8O5/c1-29(30,25-17-33-28(38(39)40)37(25)20-2-3-20)43-22-14-23-24(32-16-22)15-26(35-10-12-41-13-11-35)34-27(23)42-21-6-4-19(5-7-21)36-9-8-31-18-36/h8-9,14-21H,2-7,10-13,30H2,1H3/t19-,21+,29?. The molecule has 7 rings (SSSR count). The van der Waals surface area contributed by atoms with E-state index in [4.69, 9.17) is 24.2 Å². The molecule has 43 heavy (non-hydrogen) atoms. The van der Waals surface area contributed by atoms with Crippen LogP contribution in [0.4, 0.5) is 11.8 Å². The number of pyridine rings is 2. The van der Waals surface area contributed by atoms with E-state index in [0.717, 1.165) is 68.3 Å². The predicted molar refractivity (Wildman–Crippen MR) is 160 cm³/mol. The number of rotatable bonds is 9. The van der Waals surface area contributed by atoms with Crippen LogP contribution in [-0.4, -0.2) is 74.2 Å². The topological polar surface area (TPSA) is 135 Å². The van der Waals surface area contributed by atoms with Crippen LogP contribution in [0.25, 0.3) is 10.9 Å². The van der Waals surface area contributed by atoms with E-state index in [9.17, 15) is 10.1 Å². The zero-order valence-corrected chi connectivity index (χ0v) is 24.5. The van der Waals surface area contributed by atoms with E-state index < -0.39 is 10.4 Å². The van der Waals surface area contributed by atoms with Gasteiger partial charge in [-0.15, -0.1) is 0 Å². The Morgan fingerprint density at radius 3 is 2.53 bits per heavy atom. The van der Waals surface area contributed by atoms with Crippen LogP contribution in [0.3, 0.4) is 0 Å². The Kier molecular flexibility index (Phi) is 7.16. The van der Waals surface area contributed by atoms with Crippen molar-refractivity contribution in [3.8, 4) is 11.6 Å². The van der Waals surface area contributed by atoms with Crippen molar-refractivity contribution in [1.82, 2.24) is 29.1 Å². The fourth-order valence-electron chi connectivity index (χ4n) is 6.24. The van der Waals surface area contributed by atoms with Crippen LogP contribution in [0.1, 0.15) is 63.2 Å². The van der Waals surface area contributed by atoms with Crippen LogP contribution in [-0.2, 0) is 10.2 Å². The second-order valence-corrected chi connectivity index (χ2v) is 12.1. The number of aromatic nitrogens is 6. The molecule has 0 N–H and O–H groups in total. The van der Waals surface area contributed by atoms with E-state index in [1.165, 1.54) is 0 Å². The highest BCUT2D eigenvalue weighted by Gasteiger charge is 2.41. The van der Waals surface area contributed by atoms with E-state index in [-0.39, 0.29) is 18.1 Å². The van der Waals surface area contributed by atoms with Gasteiger partial charge < -0.3 is 33.8 Å². The first-order valence-electron chi connectivity index (χ1n) is 15.0. The number of fused-ring (bicyclic) bond motifs is 1. The van der Waals surface area contributed by atoms with E-state index in [1.807, 2.05) is 45.6 Å². The number of anilines is 1. The van der Waals surface area contributed by atoms with Crippen LogP contribution in [0.15, 0.2) is 43.2 Å². The molecule has 3 aliphatic rings. The predicted octanol–water partition coefficient (Wildman–Crippen LogP) is 3.55. The molecule has 0 radical (unpaired) electrons. The summed E-state index contributed by atoms with van der Waals surface area (Å²) in [5.41, 5.74) is 0.531. The van der Waals surface area contributed by atoms with E-state index in [0.29, 0.717) is 36.6 Å². The molecule has 4 aromatic rings. The molecular formula is C29H35BN8O5. The summed E-state index contributed by atoms with van der Waals surface area (Å²) in [6.45, 7) is 4.71. The molecule has 3 fully saturated rings. The van der Waals surface area contributed by atoms with Gasteiger partial charge in [-0.2, -0.15) is 4.98 Å². The third-order valence-corrected chi connectivity index (χ3v) is 8.65. The van der Waals surface area contributed by atoms with Gasteiger partial charge in [0.25, 0.3) is 0 Å². The molecule has 0 aromatic carbocycles. The summed E-state index contributed by atoms with van der Waals surface area (Å²) in [4.78, 5) is 31.5. The van der Waals surface area contributed by atoms with Gasteiger partial charge in [-0.3, -0.25) is 4.98 Å². The van der Waals surface area contributed by atoms with Crippen molar-refractivity contribution in [3.05, 3.63) is 59.1 Å². The van der Waals surface area contributed by atoms with Crippen molar-refractivity contribution < 1.29 is 19.1 Å². The maximum absolute atomic E-state index is 11.7. The third kappa shape index (κ3) is 5.63. The molecule has 1 aliphatic heterocycles. The number of nitro groups is 1. The van der Waals surface area contributed by atoms with E-state index in [2.05, 4.69) is 19.4 Å². The van der Waals surface area contributed by atoms with E-state index >= 15 is 0 Å². The van der Waals surface area contributed by atoms with Crippen molar-refractivity contribution >= 4 is 30.5 Å². The highest BCUT2D eigenvalue weighted by molar-refractivity contribution is 6.14. The van der Waals surface area contributed by atoms with Crippen LogP contribution in [0.2, 0.25) is 0 Å². The zero-order chi connectivity index (χ0) is 29.6. The van der Waals surface area contributed by atoms with Crippen LogP contribution in [0, 0.1) is 10.1 Å². The number of morpholine rings is 1. The molecule has 5 heterocycles. The minimum Gasteiger partial charge on any atom is -0.488 e. The Hall–Kier alpha value is -4.20. The first-order valence-corrected chi connectivity index (χ1v) is 15.0. The molecule has 13 nitrogen and oxygen atoms in total. The molecule has 1 unspecified atom stereocenters. The first kappa shape index (κ1) is 27.6. The molecule has 0 amide bonds. The number of hydrogen-bond acceptors (Lipinski definition) is 10. The lowest BCUT2D eigenvalue weighted by atomic mass is 9.80. The summed E-state index contributed by atoms with van der Waals surface area (Å²) in [7, 11) is 1.90. The minimum absolute atomic E-state index is 0.0323. The average molecular weight is 586 g/mol. The van der Waals surface area contributed by atoms with Gasteiger partial charge in [-0.25, -0.2) is 9.55 Å². The first-order chi connectivity index (χ1) is 20.9.